The van der Waals surface area contributed by atoms with Crippen LogP contribution < -0.4 is 5.73 Å². The lowest BCUT2D eigenvalue weighted by Crippen LogP contribution is -2.37. The maximum atomic E-state index is 11.5. The second-order valence-electron chi connectivity index (χ2n) is 4.83. The zero-order chi connectivity index (χ0) is 11.5. The second kappa shape index (κ2) is 5.30. The molecule has 4 heteroatoms. The van der Waals surface area contributed by atoms with Crippen LogP contribution in [0.25, 0.3) is 0 Å². The fraction of sp³-hybridized carbons (Fsp3) is 1.00. The van der Waals surface area contributed by atoms with Gasteiger partial charge in [-0.25, -0.2) is 8.42 Å². The number of hydrogen-bond donors (Lipinski definition) is 1. The van der Waals surface area contributed by atoms with Gasteiger partial charge in [0.15, 0.2) is 0 Å². The van der Waals surface area contributed by atoms with E-state index in [9.17, 15) is 8.42 Å². The van der Waals surface area contributed by atoms with Gasteiger partial charge in [-0.3, -0.25) is 0 Å². The molecule has 0 aromatic heterocycles. The average molecular weight is 233 g/mol. The van der Waals surface area contributed by atoms with Crippen LogP contribution in [-0.4, -0.2) is 26.0 Å². The van der Waals surface area contributed by atoms with Crippen LogP contribution >= 0.6 is 0 Å². The van der Waals surface area contributed by atoms with Gasteiger partial charge < -0.3 is 5.73 Å². The van der Waals surface area contributed by atoms with Crippen molar-refractivity contribution < 1.29 is 8.42 Å². The largest absolute Gasteiger partial charge is 0.327 e. The SMILES string of the molecule is CCCC(N)C1CCCC(S(C)(=O)=O)C1. The van der Waals surface area contributed by atoms with Crippen molar-refractivity contribution in [1.29, 1.82) is 0 Å². The van der Waals surface area contributed by atoms with Crippen molar-refractivity contribution in [2.45, 2.75) is 56.7 Å². The van der Waals surface area contributed by atoms with Crippen molar-refractivity contribution in [2.24, 2.45) is 11.7 Å². The predicted molar refractivity (Wildman–Crippen MR) is 63.5 cm³/mol. The van der Waals surface area contributed by atoms with Gasteiger partial charge in [0.05, 0.1) is 5.25 Å². The van der Waals surface area contributed by atoms with Crippen molar-refractivity contribution in [2.75, 3.05) is 6.26 Å². The first-order chi connectivity index (χ1) is 6.95. The smallest absolute Gasteiger partial charge is 0.150 e. The molecule has 3 atom stereocenters. The van der Waals surface area contributed by atoms with E-state index in [0.29, 0.717) is 5.92 Å². The average Bonchev–Trinajstić information content (AvgIpc) is 2.17. The minimum atomic E-state index is -2.86. The Morgan fingerprint density at radius 1 is 1.40 bits per heavy atom. The van der Waals surface area contributed by atoms with E-state index in [2.05, 4.69) is 6.92 Å². The Kier molecular flexibility index (Phi) is 4.59. The highest BCUT2D eigenvalue weighted by Crippen LogP contribution is 2.31. The van der Waals surface area contributed by atoms with E-state index in [-0.39, 0.29) is 11.3 Å². The highest BCUT2D eigenvalue weighted by Gasteiger charge is 2.31. The molecule has 0 radical (unpaired) electrons. The molecular weight excluding hydrogens is 210 g/mol. The molecule has 0 aliphatic heterocycles. The molecule has 0 amide bonds. The van der Waals surface area contributed by atoms with Gasteiger partial charge >= 0.3 is 0 Å². The van der Waals surface area contributed by atoms with Gasteiger partial charge in [0, 0.05) is 12.3 Å². The van der Waals surface area contributed by atoms with Crippen LogP contribution in [0.3, 0.4) is 0 Å². The van der Waals surface area contributed by atoms with E-state index >= 15 is 0 Å². The van der Waals surface area contributed by atoms with E-state index in [1.54, 1.807) is 0 Å². The zero-order valence-electron chi connectivity index (χ0n) is 9.78. The lowest BCUT2D eigenvalue weighted by Gasteiger charge is -2.31. The fourth-order valence-corrected chi connectivity index (χ4v) is 3.72. The van der Waals surface area contributed by atoms with Crippen molar-refractivity contribution in [3.63, 3.8) is 0 Å². The maximum Gasteiger partial charge on any atom is 0.150 e. The molecule has 0 aromatic rings. The first-order valence-electron chi connectivity index (χ1n) is 5.89. The second-order valence-corrected chi connectivity index (χ2v) is 7.16. The Morgan fingerprint density at radius 2 is 2.07 bits per heavy atom. The lowest BCUT2D eigenvalue weighted by atomic mass is 9.82. The molecule has 3 nitrogen and oxygen atoms in total. The van der Waals surface area contributed by atoms with Gasteiger partial charge in [0.25, 0.3) is 0 Å². The third-order valence-corrected chi connectivity index (χ3v) is 5.14. The molecule has 3 unspecified atom stereocenters. The molecule has 15 heavy (non-hydrogen) atoms. The van der Waals surface area contributed by atoms with Crippen LogP contribution in [-0.2, 0) is 9.84 Å². The molecule has 0 aromatic carbocycles. The molecular formula is C11H23NO2S. The van der Waals surface area contributed by atoms with E-state index in [0.717, 1.165) is 38.5 Å². The van der Waals surface area contributed by atoms with Crippen molar-refractivity contribution >= 4 is 9.84 Å². The summed E-state index contributed by atoms with van der Waals surface area (Å²) in [4.78, 5) is 0. The van der Waals surface area contributed by atoms with Gasteiger partial charge in [-0.15, -0.1) is 0 Å². The molecule has 0 heterocycles. The highest BCUT2D eigenvalue weighted by atomic mass is 32.2. The lowest BCUT2D eigenvalue weighted by molar-refractivity contribution is 0.294. The summed E-state index contributed by atoms with van der Waals surface area (Å²) in [5.74, 6) is 0.415. The number of sulfone groups is 1. The molecule has 2 N–H and O–H groups in total. The molecule has 0 bridgehead atoms. The summed E-state index contributed by atoms with van der Waals surface area (Å²) in [5.41, 5.74) is 6.07. The molecule has 1 rings (SSSR count). The van der Waals surface area contributed by atoms with Gasteiger partial charge in [-0.1, -0.05) is 19.8 Å². The Labute approximate surface area is 93.3 Å². The van der Waals surface area contributed by atoms with Crippen LogP contribution in [0.1, 0.15) is 45.4 Å². The monoisotopic (exact) mass is 233 g/mol. The van der Waals surface area contributed by atoms with Gasteiger partial charge in [-0.2, -0.15) is 0 Å². The molecule has 1 fully saturated rings. The normalized spacial score (nSPS) is 30.1. The molecule has 1 aliphatic rings. The standard InChI is InChI=1S/C11H23NO2S/c1-3-5-11(12)9-6-4-7-10(8-9)15(2,13)14/h9-11H,3-8,12H2,1-2H3. The van der Waals surface area contributed by atoms with Gasteiger partial charge in [0.1, 0.15) is 9.84 Å². The van der Waals surface area contributed by atoms with Gasteiger partial charge in [-0.05, 0) is 31.6 Å². The Bertz CT molecular complexity index is 287. The first kappa shape index (κ1) is 13.0. The van der Waals surface area contributed by atoms with Gasteiger partial charge in [0.2, 0.25) is 0 Å². The summed E-state index contributed by atoms with van der Waals surface area (Å²) < 4.78 is 22.9. The maximum absolute atomic E-state index is 11.5. The number of rotatable bonds is 4. The summed E-state index contributed by atoms with van der Waals surface area (Å²) >= 11 is 0. The van der Waals surface area contributed by atoms with Crippen LogP contribution in [0.4, 0.5) is 0 Å². The number of hydrogen-bond acceptors (Lipinski definition) is 3. The summed E-state index contributed by atoms with van der Waals surface area (Å²) in [5, 5.41) is -0.140. The van der Waals surface area contributed by atoms with E-state index in [1.807, 2.05) is 0 Å². The fourth-order valence-electron chi connectivity index (χ4n) is 2.53. The molecule has 0 saturated heterocycles. The third-order valence-electron chi connectivity index (χ3n) is 3.50. The van der Waals surface area contributed by atoms with Crippen LogP contribution in [0.2, 0.25) is 0 Å². The topological polar surface area (TPSA) is 60.2 Å². The van der Waals surface area contributed by atoms with Crippen LogP contribution in [0.5, 0.6) is 0 Å². The number of nitrogens with two attached hydrogens (primary N) is 1. The quantitative estimate of drug-likeness (QED) is 0.804. The zero-order valence-corrected chi connectivity index (χ0v) is 10.6. The highest BCUT2D eigenvalue weighted by molar-refractivity contribution is 7.91. The first-order valence-corrected chi connectivity index (χ1v) is 7.85. The molecule has 90 valence electrons. The molecule has 1 aliphatic carbocycles. The molecule has 1 saturated carbocycles. The van der Waals surface area contributed by atoms with Crippen LogP contribution in [0, 0.1) is 5.92 Å². The minimum Gasteiger partial charge on any atom is -0.327 e. The Balaban J connectivity index is 2.56. The summed E-state index contributed by atoms with van der Waals surface area (Å²) in [6.07, 6.45) is 7.18. The summed E-state index contributed by atoms with van der Waals surface area (Å²) in [6, 6.07) is 0.194. The summed E-state index contributed by atoms with van der Waals surface area (Å²) in [7, 11) is -2.86. The van der Waals surface area contributed by atoms with Crippen molar-refractivity contribution in [3.8, 4) is 0 Å². The van der Waals surface area contributed by atoms with E-state index in [1.165, 1.54) is 6.26 Å². The van der Waals surface area contributed by atoms with Crippen molar-refractivity contribution in [3.05, 3.63) is 0 Å². The third kappa shape index (κ3) is 3.76. The van der Waals surface area contributed by atoms with Crippen molar-refractivity contribution in [1.82, 2.24) is 0 Å². The summed E-state index contributed by atoms with van der Waals surface area (Å²) in [6.45, 7) is 2.12. The minimum absolute atomic E-state index is 0.140. The van der Waals surface area contributed by atoms with Crippen LogP contribution in [0.15, 0.2) is 0 Å². The molecule has 0 spiro atoms. The Morgan fingerprint density at radius 3 is 2.60 bits per heavy atom. The Hall–Kier alpha value is -0.0900. The van der Waals surface area contributed by atoms with E-state index in [4.69, 9.17) is 5.73 Å². The predicted octanol–water partition coefficient (Wildman–Crippen LogP) is 1.72. The van der Waals surface area contributed by atoms with E-state index < -0.39 is 9.84 Å².